The molecule has 1 heterocycles. The number of furan rings is 1. The quantitative estimate of drug-likeness (QED) is 0.300. The van der Waals surface area contributed by atoms with Crippen LogP contribution >= 0.6 is 0 Å². The van der Waals surface area contributed by atoms with E-state index in [1.54, 1.807) is 0 Å². The van der Waals surface area contributed by atoms with Gasteiger partial charge in [0.2, 0.25) is 0 Å². The number of nitro groups is 1. The van der Waals surface area contributed by atoms with Crippen LogP contribution in [0.5, 0.6) is 0 Å². The number of carbonyl (C=O) groups is 2. The fraction of sp³-hybridized carbons (Fsp3) is 0.0769. The monoisotopic (exact) mass is 290 g/mol. The smallest absolute Gasteiger partial charge is 0.347 e. The SMILES string of the molecule is COC(=O)c1c(N)ccc(-c2ccoc2C=O)c1[N+](=O)[O-]. The van der Waals surface area contributed by atoms with Crippen LogP contribution in [0.1, 0.15) is 20.9 Å². The average molecular weight is 290 g/mol. The maximum atomic E-state index is 11.7. The molecule has 0 saturated carbocycles. The number of benzene rings is 1. The molecule has 1 aromatic carbocycles. The molecule has 8 nitrogen and oxygen atoms in total. The minimum absolute atomic E-state index is 0.0467. The second kappa shape index (κ2) is 5.45. The molecule has 0 spiro atoms. The Morgan fingerprint density at radius 1 is 1.38 bits per heavy atom. The van der Waals surface area contributed by atoms with E-state index in [-0.39, 0.29) is 28.1 Å². The van der Waals surface area contributed by atoms with E-state index in [9.17, 15) is 19.7 Å². The van der Waals surface area contributed by atoms with E-state index < -0.39 is 16.6 Å². The van der Waals surface area contributed by atoms with Crippen molar-refractivity contribution in [2.75, 3.05) is 12.8 Å². The number of carbonyl (C=O) groups excluding carboxylic acids is 2. The van der Waals surface area contributed by atoms with Crippen molar-refractivity contribution in [1.29, 1.82) is 0 Å². The van der Waals surface area contributed by atoms with E-state index in [1.807, 2.05) is 0 Å². The number of nitro benzene ring substituents is 1. The Bertz CT molecular complexity index is 734. The molecule has 0 atom stereocenters. The number of methoxy groups -OCH3 is 1. The molecular weight excluding hydrogens is 280 g/mol. The maximum Gasteiger partial charge on any atom is 0.347 e. The van der Waals surface area contributed by atoms with Gasteiger partial charge < -0.3 is 14.9 Å². The lowest BCUT2D eigenvalue weighted by Crippen LogP contribution is -2.10. The molecule has 2 N–H and O–H groups in total. The largest absolute Gasteiger partial charge is 0.465 e. The van der Waals surface area contributed by atoms with Gasteiger partial charge in [-0.05, 0) is 18.2 Å². The molecule has 0 amide bonds. The van der Waals surface area contributed by atoms with Crippen molar-refractivity contribution in [1.82, 2.24) is 0 Å². The standard InChI is InChI=1S/C13H10N2O6/c1-20-13(17)11-9(14)3-2-8(12(11)15(18)19)7-4-5-21-10(7)6-16/h2-6H,14H2,1H3. The van der Waals surface area contributed by atoms with Gasteiger partial charge in [-0.15, -0.1) is 0 Å². The Kier molecular flexibility index (Phi) is 3.70. The highest BCUT2D eigenvalue weighted by Gasteiger charge is 2.30. The van der Waals surface area contributed by atoms with E-state index in [2.05, 4.69) is 4.74 Å². The summed E-state index contributed by atoms with van der Waals surface area (Å²) in [6.45, 7) is 0. The van der Waals surface area contributed by atoms with Gasteiger partial charge in [-0.2, -0.15) is 0 Å². The van der Waals surface area contributed by atoms with Crippen molar-refractivity contribution in [2.45, 2.75) is 0 Å². The van der Waals surface area contributed by atoms with E-state index in [4.69, 9.17) is 10.2 Å². The Morgan fingerprint density at radius 2 is 2.10 bits per heavy atom. The van der Waals surface area contributed by atoms with Crippen molar-refractivity contribution in [3.05, 3.63) is 45.9 Å². The third-order valence-corrected chi connectivity index (χ3v) is 2.87. The molecule has 0 radical (unpaired) electrons. The molecule has 1 aromatic heterocycles. The second-order valence-corrected chi connectivity index (χ2v) is 3.99. The Balaban J connectivity index is 2.82. The van der Waals surface area contributed by atoms with Gasteiger partial charge in [-0.1, -0.05) is 0 Å². The van der Waals surface area contributed by atoms with E-state index >= 15 is 0 Å². The zero-order chi connectivity index (χ0) is 15.6. The highest BCUT2D eigenvalue weighted by molar-refractivity contribution is 6.03. The summed E-state index contributed by atoms with van der Waals surface area (Å²) in [4.78, 5) is 33.2. The van der Waals surface area contributed by atoms with Crippen molar-refractivity contribution in [2.24, 2.45) is 0 Å². The molecule has 108 valence electrons. The third kappa shape index (κ3) is 2.34. The zero-order valence-corrected chi connectivity index (χ0v) is 10.9. The number of nitrogens with two attached hydrogens (primary N) is 1. The summed E-state index contributed by atoms with van der Waals surface area (Å²) in [6.07, 6.45) is 1.64. The molecule has 21 heavy (non-hydrogen) atoms. The number of nitrogen functional groups attached to an aromatic ring is 1. The molecule has 0 saturated heterocycles. The van der Waals surface area contributed by atoms with Crippen LogP contribution in [-0.2, 0) is 4.74 Å². The summed E-state index contributed by atoms with van der Waals surface area (Å²) in [5.41, 5.74) is 4.88. The fourth-order valence-corrected chi connectivity index (χ4v) is 1.97. The molecule has 2 aromatic rings. The van der Waals surface area contributed by atoms with Crippen LogP contribution in [0.4, 0.5) is 11.4 Å². The first kappa shape index (κ1) is 14.3. The topological polar surface area (TPSA) is 126 Å². The van der Waals surface area contributed by atoms with Crippen LogP contribution in [0.25, 0.3) is 11.1 Å². The normalized spacial score (nSPS) is 10.1. The number of hydrogen-bond donors (Lipinski definition) is 1. The van der Waals surface area contributed by atoms with Gasteiger partial charge in [-0.3, -0.25) is 14.9 Å². The summed E-state index contributed by atoms with van der Waals surface area (Å²) in [6, 6.07) is 4.07. The van der Waals surface area contributed by atoms with Crippen LogP contribution in [0.3, 0.4) is 0 Å². The van der Waals surface area contributed by atoms with Crippen molar-refractivity contribution >= 4 is 23.6 Å². The van der Waals surface area contributed by atoms with Gasteiger partial charge in [-0.25, -0.2) is 4.79 Å². The molecule has 0 unspecified atom stereocenters. The number of aldehydes is 1. The molecule has 0 fully saturated rings. The number of anilines is 1. The summed E-state index contributed by atoms with van der Waals surface area (Å²) in [5, 5.41) is 11.3. The lowest BCUT2D eigenvalue weighted by molar-refractivity contribution is -0.384. The van der Waals surface area contributed by atoms with Gasteiger partial charge >= 0.3 is 5.97 Å². The predicted molar refractivity (Wildman–Crippen MR) is 71.9 cm³/mol. The van der Waals surface area contributed by atoms with Crippen molar-refractivity contribution < 1.29 is 23.7 Å². The van der Waals surface area contributed by atoms with Crippen LogP contribution in [0.15, 0.2) is 28.9 Å². The molecule has 0 aliphatic heterocycles. The second-order valence-electron chi connectivity index (χ2n) is 3.99. The lowest BCUT2D eigenvalue weighted by atomic mass is 9.99. The maximum absolute atomic E-state index is 11.7. The predicted octanol–water partition coefficient (Wildman–Crippen LogP) is 2.04. The third-order valence-electron chi connectivity index (χ3n) is 2.87. The minimum Gasteiger partial charge on any atom is -0.465 e. The number of nitrogens with zero attached hydrogens (tertiary/aromatic N) is 1. The van der Waals surface area contributed by atoms with Crippen LogP contribution in [0.2, 0.25) is 0 Å². The highest BCUT2D eigenvalue weighted by Crippen LogP contribution is 2.38. The van der Waals surface area contributed by atoms with Crippen LogP contribution in [0, 0.1) is 10.1 Å². The van der Waals surface area contributed by atoms with Gasteiger partial charge in [0.15, 0.2) is 17.6 Å². The van der Waals surface area contributed by atoms with Gasteiger partial charge in [0.25, 0.3) is 5.69 Å². The van der Waals surface area contributed by atoms with Crippen LogP contribution in [-0.4, -0.2) is 24.3 Å². The van der Waals surface area contributed by atoms with Crippen molar-refractivity contribution in [3.63, 3.8) is 0 Å². The Labute approximate surface area is 118 Å². The first-order chi connectivity index (χ1) is 10.0. The lowest BCUT2D eigenvalue weighted by Gasteiger charge is -2.08. The number of ether oxygens (including phenoxy) is 1. The van der Waals surface area contributed by atoms with E-state index in [0.29, 0.717) is 6.29 Å². The number of rotatable bonds is 4. The van der Waals surface area contributed by atoms with Crippen LogP contribution < -0.4 is 5.73 Å². The first-order valence-electron chi connectivity index (χ1n) is 5.69. The molecule has 0 bridgehead atoms. The summed E-state index contributed by atoms with van der Waals surface area (Å²) in [5.74, 6) is -1.02. The molecule has 8 heteroatoms. The Morgan fingerprint density at radius 3 is 2.67 bits per heavy atom. The molecule has 0 aliphatic carbocycles. The van der Waals surface area contributed by atoms with Gasteiger partial charge in [0, 0.05) is 5.56 Å². The van der Waals surface area contributed by atoms with Crippen molar-refractivity contribution in [3.8, 4) is 11.1 Å². The van der Waals surface area contributed by atoms with E-state index in [0.717, 1.165) is 7.11 Å². The summed E-state index contributed by atoms with van der Waals surface area (Å²) >= 11 is 0. The molecule has 0 aliphatic rings. The first-order valence-corrected chi connectivity index (χ1v) is 5.69. The number of esters is 1. The summed E-state index contributed by atoms with van der Waals surface area (Å²) in [7, 11) is 1.09. The minimum atomic E-state index is -0.933. The molecule has 2 rings (SSSR count). The zero-order valence-electron chi connectivity index (χ0n) is 10.9. The molecular formula is C13H10N2O6. The highest BCUT2D eigenvalue weighted by atomic mass is 16.6. The van der Waals surface area contributed by atoms with E-state index in [1.165, 1.54) is 24.5 Å². The summed E-state index contributed by atoms with van der Waals surface area (Å²) < 4.78 is 9.44. The Hall–Kier alpha value is -3.16. The van der Waals surface area contributed by atoms with Gasteiger partial charge in [0.1, 0.15) is 0 Å². The van der Waals surface area contributed by atoms with Gasteiger partial charge in [0.05, 0.1) is 29.5 Å². The fourth-order valence-electron chi connectivity index (χ4n) is 1.97. The average Bonchev–Trinajstić information content (AvgIpc) is 2.94. The number of hydrogen-bond acceptors (Lipinski definition) is 7.